The predicted molar refractivity (Wildman–Crippen MR) is 132 cm³/mol. The van der Waals surface area contributed by atoms with E-state index in [2.05, 4.69) is 20.6 Å². The van der Waals surface area contributed by atoms with Crippen molar-refractivity contribution < 1.29 is 23.9 Å². The molecule has 2 amide bonds. The van der Waals surface area contributed by atoms with E-state index in [4.69, 9.17) is 10.8 Å². The molecule has 5 N–H and O–H groups in total. The van der Waals surface area contributed by atoms with Gasteiger partial charge in [0.2, 0.25) is 5.95 Å². The molecule has 0 saturated heterocycles. The van der Waals surface area contributed by atoms with Gasteiger partial charge in [-0.3, -0.25) is 9.59 Å². The van der Waals surface area contributed by atoms with Gasteiger partial charge in [-0.2, -0.15) is 0 Å². The standard InChI is InChI=1S/C24H22FN5O4.C2H6/c1-12-8-13(2-6-17(12)25)11-27-21(31)19-10-20(30-24(26)29-19)22(32)28-18-7-4-14-9-15(23(33)34)3-5-16(14)18;1-2/h2-3,5-6,8-10,18H,4,7,11H2,1H3,(H,27,31)(H,28,32)(H,33,34)(H2,26,29,30);1-2H3. The minimum Gasteiger partial charge on any atom is -0.478 e. The van der Waals surface area contributed by atoms with Crippen LogP contribution in [0.5, 0.6) is 0 Å². The molecular formula is C26H28FN5O4. The number of benzene rings is 2. The van der Waals surface area contributed by atoms with Crippen LogP contribution in [0.3, 0.4) is 0 Å². The molecule has 1 heterocycles. The molecule has 1 unspecified atom stereocenters. The van der Waals surface area contributed by atoms with E-state index in [-0.39, 0.29) is 41.3 Å². The number of anilines is 1. The van der Waals surface area contributed by atoms with E-state index in [1.54, 1.807) is 31.2 Å². The molecular weight excluding hydrogens is 465 g/mol. The maximum atomic E-state index is 13.4. The number of aryl methyl sites for hydroxylation is 2. The fourth-order valence-electron chi connectivity index (χ4n) is 3.92. The zero-order valence-electron chi connectivity index (χ0n) is 20.3. The first-order valence-corrected chi connectivity index (χ1v) is 11.6. The van der Waals surface area contributed by atoms with Crippen LogP contribution in [-0.2, 0) is 13.0 Å². The highest BCUT2D eigenvalue weighted by atomic mass is 19.1. The number of aromatic carboxylic acids is 1. The molecule has 0 fully saturated rings. The zero-order chi connectivity index (χ0) is 26.4. The van der Waals surface area contributed by atoms with Crippen molar-refractivity contribution in [2.45, 2.75) is 46.2 Å². The van der Waals surface area contributed by atoms with E-state index in [0.29, 0.717) is 24.0 Å². The van der Waals surface area contributed by atoms with Gasteiger partial charge in [0.15, 0.2) is 0 Å². The van der Waals surface area contributed by atoms with Crippen LogP contribution in [0.15, 0.2) is 42.5 Å². The van der Waals surface area contributed by atoms with Crippen molar-refractivity contribution in [3.63, 3.8) is 0 Å². The van der Waals surface area contributed by atoms with Gasteiger partial charge in [-0.25, -0.2) is 19.2 Å². The Morgan fingerprint density at radius 1 is 1.06 bits per heavy atom. The number of carbonyl (C=O) groups excluding carboxylic acids is 2. The first-order valence-electron chi connectivity index (χ1n) is 11.6. The van der Waals surface area contributed by atoms with Gasteiger partial charge in [0.1, 0.15) is 17.2 Å². The molecule has 1 atom stereocenters. The molecule has 4 rings (SSSR count). The number of nitrogen functional groups attached to an aromatic ring is 1. The number of halogens is 1. The Morgan fingerprint density at radius 3 is 2.42 bits per heavy atom. The third-order valence-corrected chi connectivity index (χ3v) is 5.66. The summed E-state index contributed by atoms with van der Waals surface area (Å²) in [6.45, 7) is 5.77. The molecule has 2 aromatic carbocycles. The van der Waals surface area contributed by atoms with Gasteiger partial charge in [0, 0.05) is 12.6 Å². The highest BCUT2D eigenvalue weighted by Gasteiger charge is 2.26. The molecule has 188 valence electrons. The summed E-state index contributed by atoms with van der Waals surface area (Å²) in [7, 11) is 0. The third-order valence-electron chi connectivity index (χ3n) is 5.66. The second-order valence-electron chi connectivity index (χ2n) is 8.05. The number of nitrogens with zero attached hydrogens (tertiary/aromatic N) is 2. The Hall–Kier alpha value is -4.34. The van der Waals surface area contributed by atoms with E-state index >= 15 is 0 Å². The first-order chi connectivity index (χ1) is 17.2. The number of fused-ring (bicyclic) bond motifs is 1. The summed E-state index contributed by atoms with van der Waals surface area (Å²) in [6, 6.07) is 10.3. The van der Waals surface area contributed by atoms with Crippen LogP contribution in [0.1, 0.15) is 79.9 Å². The van der Waals surface area contributed by atoms with E-state index in [1.165, 1.54) is 18.2 Å². The Balaban J connectivity index is 0.00000176. The number of carboxylic acids is 1. The summed E-state index contributed by atoms with van der Waals surface area (Å²) in [4.78, 5) is 44.5. The monoisotopic (exact) mass is 493 g/mol. The molecule has 0 spiro atoms. The highest BCUT2D eigenvalue weighted by molar-refractivity contribution is 5.98. The van der Waals surface area contributed by atoms with Gasteiger partial charge < -0.3 is 21.5 Å². The van der Waals surface area contributed by atoms with Crippen LogP contribution in [0.4, 0.5) is 10.3 Å². The van der Waals surface area contributed by atoms with Crippen molar-refractivity contribution in [1.82, 2.24) is 20.6 Å². The number of carboxylic acid groups (broad SMARTS) is 1. The van der Waals surface area contributed by atoms with Crippen molar-refractivity contribution in [3.05, 3.63) is 87.5 Å². The van der Waals surface area contributed by atoms with E-state index in [0.717, 1.165) is 11.1 Å². The summed E-state index contributed by atoms with van der Waals surface area (Å²) in [6.07, 6.45) is 1.24. The SMILES string of the molecule is CC.Cc1cc(CNC(=O)c2cc(C(=O)NC3CCc4cc(C(=O)O)ccc43)nc(N)n2)ccc1F. The summed E-state index contributed by atoms with van der Waals surface area (Å²) in [5.74, 6) is -2.66. The van der Waals surface area contributed by atoms with Crippen LogP contribution < -0.4 is 16.4 Å². The van der Waals surface area contributed by atoms with Gasteiger partial charge in [0.25, 0.3) is 11.8 Å². The van der Waals surface area contributed by atoms with Crippen LogP contribution in [0.2, 0.25) is 0 Å². The molecule has 36 heavy (non-hydrogen) atoms. The van der Waals surface area contributed by atoms with Gasteiger partial charge >= 0.3 is 5.97 Å². The molecule has 0 bridgehead atoms. The number of hydrogen-bond donors (Lipinski definition) is 4. The largest absolute Gasteiger partial charge is 0.478 e. The van der Waals surface area contributed by atoms with Gasteiger partial charge in [0.05, 0.1) is 11.6 Å². The van der Waals surface area contributed by atoms with Crippen molar-refractivity contribution in [1.29, 1.82) is 0 Å². The Bertz CT molecular complexity index is 1310. The maximum absolute atomic E-state index is 13.4. The second kappa shape index (κ2) is 11.4. The number of nitrogens with one attached hydrogen (secondary N) is 2. The lowest BCUT2D eigenvalue weighted by Crippen LogP contribution is -2.30. The number of rotatable bonds is 6. The van der Waals surface area contributed by atoms with Crippen molar-refractivity contribution in [2.75, 3.05) is 5.73 Å². The van der Waals surface area contributed by atoms with E-state index < -0.39 is 17.8 Å². The van der Waals surface area contributed by atoms with Crippen LogP contribution in [0.25, 0.3) is 0 Å². The normalized spacial score (nSPS) is 13.7. The van der Waals surface area contributed by atoms with E-state index in [1.807, 2.05) is 13.8 Å². The Kier molecular flexibility index (Phi) is 8.31. The lowest BCUT2D eigenvalue weighted by atomic mass is 10.0. The first kappa shape index (κ1) is 26.3. The van der Waals surface area contributed by atoms with Crippen LogP contribution >= 0.6 is 0 Å². The Morgan fingerprint density at radius 2 is 1.75 bits per heavy atom. The van der Waals surface area contributed by atoms with Crippen molar-refractivity contribution in [3.8, 4) is 0 Å². The van der Waals surface area contributed by atoms with Crippen LogP contribution in [0, 0.1) is 12.7 Å². The number of carbonyl (C=O) groups is 3. The fraction of sp³-hybridized carbons (Fsp3) is 0.269. The number of nitrogens with two attached hydrogens (primary N) is 1. The summed E-state index contributed by atoms with van der Waals surface area (Å²) >= 11 is 0. The van der Waals surface area contributed by atoms with E-state index in [9.17, 15) is 18.8 Å². The average molecular weight is 494 g/mol. The minimum atomic E-state index is -1.01. The molecule has 9 nitrogen and oxygen atoms in total. The third kappa shape index (κ3) is 6.01. The lowest BCUT2D eigenvalue weighted by molar-refractivity contribution is 0.0696. The average Bonchev–Trinajstić information content (AvgIpc) is 3.27. The van der Waals surface area contributed by atoms with Crippen molar-refractivity contribution in [2.24, 2.45) is 0 Å². The number of amides is 2. The molecule has 1 aliphatic rings. The van der Waals surface area contributed by atoms with Gasteiger partial charge in [-0.1, -0.05) is 32.0 Å². The summed E-state index contributed by atoms with van der Waals surface area (Å²) < 4.78 is 13.4. The zero-order valence-corrected chi connectivity index (χ0v) is 20.3. The molecule has 0 aliphatic heterocycles. The molecule has 10 heteroatoms. The molecule has 1 aliphatic carbocycles. The minimum absolute atomic E-state index is 0.0640. The fourth-order valence-corrected chi connectivity index (χ4v) is 3.92. The second-order valence-corrected chi connectivity index (χ2v) is 8.05. The number of aromatic nitrogens is 2. The molecule has 1 aromatic heterocycles. The van der Waals surface area contributed by atoms with Crippen molar-refractivity contribution >= 4 is 23.7 Å². The Labute approximate surface area is 208 Å². The number of hydrogen-bond acceptors (Lipinski definition) is 6. The molecule has 0 radical (unpaired) electrons. The summed E-state index contributed by atoms with van der Waals surface area (Å²) in [5, 5.41) is 14.7. The lowest BCUT2D eigenvalue weighted by Gasteiger charge is -2.14. The van der Waals surface area contributed by atoms with Gasteiger partial charge in [-0.15, -0.1) is 0 Å². The summed E-state index contributed by atoms with van der Waals surface area (Å²) in [5.41, 5.74) is 8.66. The maximum Gasteiger partial charge on any atom is 0.335 e. The topological polar surface area (TPSA) is 147 Å². The van der Waals surface area contributed by atoms with Crippen LogP contribution in [-0.4, -0.2) is 32.9 Å². The molecule has 0 saturated carbocycles. The predicted octanol–water partition coefficient (Wildman–Crippen LogP) is 3.58. The quantitative estimate of drug-likeness (QED) is 0.410. The highest BCUT2D eigenvalue weighted by Crippen LogP contribution is 2.32. The smallest absolute Gasteiger partial charge is 0.335 e. The van der Waals surface area contributed by atoms with Gasteiger partial charge in [-0.05, 0) is 60.2 Å². The molecule has 3 aromatic rings.